The van der Waals surface area contributed by atoms with Crippen molar-refractivity contribution in [2.75, 3.05) is 0 Å². The lowest BCUT2D eigenvalue weighted by molar-refractivity contribution is -0.415. The van der Waals surface area contributed by atoms with E-state index in [1.807, 2.05) is 0 Å². The molecule has 3 nitrogen and oxygen atoms in total. The van der Waals surface area contributed by atoms with Crippen LogP contribution in [0, 0.1) is 17.8 Å². The van der Waals surface area contributed by atoms with Gasteiger partial charge in [0.2, 0.25) is 0 Å². The fourth-order valence-corrected chi connectivity index (χ4v) is 4.86. The minimum Gasteiger partial charge on any atom is -0.323 e. The largest absolute Gasteiger partial charge is 0.323 e. The van der Waals surface area contributed by atoms with Gasteiger partial charge in [0.25, 0.3) is 0 Å². The van der Waals surface area contributed by atoms with Crippen molar-refractivity contribution in [3.63, 3.8) is 0 Å². The molecule has 0 spiro atoms. The summed E-state index contributed by atoms with van der Waals surface area (Å²) in [6.07, 6.45) is 17.0. The summed E-state index contributed by atoms with van der Waals surface area (Å²) < 4.78 is 19.4. The highest BCUT2D eigenvalue weighted by atomic mass is 16.9. The number of ether oxygens (including phenoxy) is 3. The molecule has 27 heavy (non-hydrogen) atoms. The molecule has 0 N–H and O–H groups in total. The van der Waals surface area contributed by atoms with Gasteiger partial charge in [-0.3, -0.25) is 0 Å². The van der Waals surface area contributed by atoms with Crippen LogP contribution in [0.1, 0.15) is 78.6 Å². The Bertz CT molecular complexity index is 526. The molecule has 1 fully saturated rings. The molecule has 0 saturated carbocycles. The minimum absolute atomic E-state index is 0.114. The second-order valence-electron chi connectivity index (χ2n) is 9.27. The summed E-state index contributed by atoms with van der Waals surface area (Å²) in [5, 5.41) is 0. The van der Waals surface area contributed by atoms with Crippen LogP contribution in [-0.4, -0.2) is 18.9 Å². The summed E-state index contributed by atoms with van der Waals surface area (Å²) >= 11 is 0. The van der Waals surface area contributed by atoms with Gasteiger partial charge in [-0.2, -0.15) is 0 Å². The van der Waals surface area contributed by atoms with Gasteiger partial charge in [-0.05, 0) is 78.6 Å². The molecule has 1 saturated heterocycles. The van der Waals surface area contributed by atoms with Gasteiger partial charge in [0.15, 0.2) is 18.9 Å². The van der Waals surface area contributed by atoms with Crippen molar-refractivity contribution < 1.29 is 14.2 Å². The van der Waals surface area contributed by atoms with Crippen LogP contribution in [-0.2, 0) is 14.2 Å². The van der Waals surface area contributed by atoms with Gasteiger partial charge >= 0.3 is 0 Å². The molecule has 0 radical (unpaired) electrons. The molecule has 3 aliphatic carbocycles. The van der Waals surface area contributed by atoms with E-state index in [2.05, 4.69) is 39.0 Å². The minimum atomic E-state index is -0.114. The third kappa shape index (κ3) is 4.75. The van der Waals surface area contributed by atoms with Gasteiger partial charge in [-0.15, -0.1) is 0 Å². The molecule has 1 heterocycles. The van der Waals surface area contributed by atoms with Crippen LogP contribution in [0.5, 0.6) is 0 Å². The van der Waals surface area contributed by atoms with E-state index >= 15 is 0 Å². The van der Waals surface area contributed by atoms with Crippen molar-refractivity contribution in [1.29, 1.82) is 0 Å². The predicted octanol–water partition coefficient (Wildman–Crippen LogP) is 6.27. The summed E-state index contributed by atoms with van der Waals surface area (Å²) in [5.74, 6) is 1.39. The van der Waals surface area contributed by atoms with Gasteiger partial charge in [0.05, 0.1) is 0 Å². The normalized spacial score (nSPS) is 40.8. The lowest BCUT2D eigenvalue weighted by atomic mass is 9.87. The van der Waals surface area contributed by atoms with Crippen LogP contribution in [0.15, 0.2) is 34.9 Å². The predicted molar refractivity (Wildman–Crippen MR) is 108 cm³/mol. The lowest BCUT2D eigenvalue weighted by Gasteiger charge is -2.45. The molecule has 0 aromatic carbocycles. The Morgan fingerprint density at radius 1 is 0.556 bits per heavy atom. The highest BCUT2D eigenvalue weighted by molar-refractivity contribution is 5.06. The fourth-order valence-electron chi connectivity index (χ4n) is 4.86. The number of rotatable bonds is 3. The fraction of sp³-hybridized carbons (Fsp3) is 0.750. The highest BCUT2D eigenvalue weighted by Crippen LogP contribution is 2.40. The molecular formula is C24H36O3. The third-order valence-corrected chi connectivity index (χ3v) is 7.00. The molecular weight excluding hydrogens is 336 g/mol. The van der Waals surface area contributed by atoms with E-state index in [4.69, 9.17) is 14.2 Å². The maximum absolute atomic E-state index is 6.46. The third-order valence-electron chi connectivity index (χ3n) is 7.00. The zero-order valence-corrected chi connectivity index (χ0v) is 17.3. The second kappa shape index (κ2) is 8.63. The molecule has 0 bridgehead atoms. The quantitative estimate of drug-likeness (QED) is 0.547. The van der Waals surface area contributed by atoms with Crippen molar-refractivity contribution in [3.05, 3.63) is 34.9 Å². The van der Waals surface area contributed by atoms with Crippen molar-refractivity contribution in [2.24, 2.45) is 17.8 Å². The first-order valence-electron chi connectivity index (χ1n) is 11.0. The van der Waals surface area contributed by atoms with E-state index in [1.54, 1.807) is 0 Å². The Morgan fingerprint density at radius 2 is 0.852 bits per heavy atom. The Labute approximate surface area is 164 Å². The lowest BCUT2D eigenvalue weighted by Crippen LogP contribution is -2.49. The number of hydrogen-bond donors (Lipinski definition) is 0. The molecule has 4 aliphatic rings. The monoisotopic (exact) mass is 372 g/mol. The smallest absolute Gasteiger partial charge is 0.167 e. The van der Waals surface area contributed by atoms with Gasteiger partial charge in [-0.1, -0.05) is 34.9 Å². The van der Waals surface area contributed by atoms with E-state index in [-0.39, 0.29) is 18.9 Å². The summed E-state index contributed by atoms with van der Waals surface area (Å²) in [5.41, 5.74) is 4.52. The summed E-state index contributed by atoms with van der Waals surface area (Å²) in [4.78, 5) is 0. The molecule has 150 valence electrons. The van der Waals surface area contributed by atoms with E-state index in [0.717, 1.165) is 19.3 Å². The van der Waals surface area contributed by atoms with Gasteiger partial charge < -0.3 is 14.2 Å². The van der Waals surface area contributed by atoms with Crippen molar-refractivity contribution >= 4 is 0 Å². The highest BCUT2D eigenvalue weighted by Gasteiger charge is 2.42. The zero-order valence-electron chi connectivity index (χ0n) is 17.3. The Balaban J connectivity index is 1.48. The van der Waals surface area contributed by atoms with Crippen molar-refractivity contribution in [3.8, 4) is 0 Å². The second-order valence-corrected chi connectivity index (χ2v) is 9.27. The molecule has 1 aliphatic heterocycles. The maximum atomic E-state index is 6.46. The maximum Gasteiger partial charge on any atom is 0.167 e. The Morgan fingerprint density at radius 3 is 1.07 bits per heavy atom. The van der Waals surface area contributed by atoms with Crippen molar-refractivity contribution in [2.45, 2.75) is 97.4 Å². The van der Waals surface area contributed by atoms with Crippen LogP contribution in [0.4, 0.5) is 0 Å². The van der Waals surface area contributed by atoms with E-state index in [9.17, 15) is 0 Å². The first kappa shape index (κ1) is 19.4. The van der Waals surface area contributed by atoms with Crippen LogP contribution < -0.4 is 0 Å². The number of allylic oxidation sites excluding steroid dienone is 6. The average Bonchev–Trinajstić information content (AvgIpc) is 2.69. The Kier molecular flexibility index (Phi) is 6.21. The van der Waals surface area contributed by atoms with Crippen LogP contribution in [0.2, 0.25) is 0 Å². The molecule has 3 unspecified atom stereocenters. The van der Waals surface area contributed by atoms with Crippen LogP contribution in [0.25, 0.3) is 0 Å². The molecule has 3 atom stereocenters. The van der Waals surface area contributed by atoms with E-state index in [0.29, 0.717) is 17.8 Å². The molecule has 0 aromatic rings. The molecule has 0 amide bonds. The summed E-state index contributed by atoms with van der Waals surface area (Å²) in [7, 11) is 0. The summed E-state index contributed by atoms with van der Waals surface area (Å²) in [6.45, 7) is 6.71. The summed E-state index contributed by atoms with van der Waals surface area (Å²) in [6, 6.07) is 0. The SMILES string of the molecule is CC1=CCC(C2OC(C3CC=C(C)CC3)OC(C3CC=C(C)CC3)O2)CC1. The van der Waals surface area contributed by atoms with Crippen LogP contribution in [0.3, 0.4) is 0 Å². The Hall–Kier alpha value is -0.900. The average molecular weight is 373 g/mol. The van der Waals surface area contributed by atoms with Gasteiger partial charge in [-0.25, -0.2) is 0 Å². The first-order chi connectivity index (χ1) is 13.1. The van der Waals surface area contributed by atoms with E-state index < -0.39 is 0 Å². The van der Waals surface area contributed by atoms with Crippen molar-refractivity contribution in [1.82, 2.24) is 0 Å². The molecule has 0 aromatic heterocycles. The first-order valence-corrected chi connectivity index (χ1v) is 11.0. The molecule has 3 heteroatoms. The van der Waals surface area contributed by atoms with Gasteiger partial charge in [0.1, 0.15) is 0 Å². The zero-order chi connectivity index (χ0) is 18.8. The molecule has 4 rings (SSSR count). The topological polar surface area (TPSA) is 27.7 Å². The van der Waals surface area contributed by atoms with E-state index in [1.165, 1.54) is 55.2 Å². The van der Waals surface area contributed by atoms with Crippen LogP contribution >= 0.6 is 0 Å². The number of hydrogen-bond acceptors (Lipinski definition) is 3. The van der Waals surface area contributed by atoms with Gasteiger partial charge in [0, 0.05) is 17.8 Å². The standard InChI is InChI=1S/C24H36O3/c1-16-4-10-19(11-5-16)22-25-23(20-12-6-17(2)7-13-20)27-24(26-22)21-14-8-18(3)9-15-21/h4,6,8,19-24H,5,7,9-15H2,1-3H3.